The molecule has 1 aliphatic rings. The van der Waals surface area contributed by atoms with E-state index in [9.17, 15) is 14.4 Å². The number of carbonyl (C=O) groups is 3. The maximum atomic E-state index is 12.7. The molecule has 166 valence electrons. The Morgan fingerprint density at radius 1 is 1.13 bits per heavy atom. The number of rotatable bonds is 7. The van der Waals surface area contributed by atoms with E-state index < -0.39 is 41.7 Å². The van der Waals surface area contributed by atoms with Gasteiger partial charge in [-0.05, 0) is 46.2 Å². The minimum absolute atomic E-state index is 0.163. The minimum Gasteiger partial charge on any atom is -0.469 e. The summed E-state index contributed by atoms with van der Waals surface area (Å²) in [5.74, 6) is -2.09. The third-order valence-corrected chi connectivity index (χ3v) is 4.35. The number of para-hydroxylation sites is 1. The van der Waals surface area contributed by atoms with Gasteiger partial charge in [-0.3, -0.25) is 9.63 Å². The smallest absolute Gasteiger partial charge is 0.407 e. The van der Waals surface area contributed by atoms with Gasteiger partial charge in [-0.15, -0.1) is 0 Å². The van der Waals surface area contributed by atoms with Gasteiger partial charge in [-0.25, -0.2) is 14.7 Å². The van der Waals surface area contributed by atoms with E-state index in [4.69, 9.17) is 19.0 Å². The molecule has 2 rings (SSSR count). The molecular formula is C21H30N2O7. The Balaban J connectivity index is 2.20. The zero-order valence-corrected chi connectivity index (χ0v) is 18.0. The van der Waals surface area contributed by atoms with Gasteiger partial charge in [0, 0.05) is 6.54 Å². The second-order valence-electron chi connectivity index (χ2n) is 7.77. The van der Waals surface area contributed by atoms with Crippen molar-refractivity contribution in [2.45, 2.75) is 51.9 Å². The first kappa shape index (κ1) is 23.5. The van der Waals surface area contributed by atoms with Crippen LogP contribution < -0.4 is 10.4 Å². The van der Waals surface area contributed by atoms with Gasteiger partial charge in [-0.2, -0.15) is 0 Å². The normalized spacial score (nSPS) is 21.1. The number of esters is 2. The highest BCUT2D eigenvalue weighted by Gasteiger charge is 2.52. The second-order valence-corrected chi connectivity index (χ2v) is 7.77. The molecule has 3 atom stereocenters. The van der Waals surface area contributed by atoms with Crippen LogP contribution in [-0.4, -0.2) is 56.0 Å². The third-order valence-electron chi connectivity index (χ3n) is 4.35. The average Bonchev–Trinajstić information content (AvgIpc) is 3.06. The van der Waals surface area contributed by atoms with Gasteiger partial charge in [0.05, 0.1) is 19.4 Å². The van der Waals surface area contributed by atoms with Gasteiger partial charge in [0.1, 0.15) is 17.6 Å². The fourth-order valence-electron chi connectivity index (χ4n) is 3.17. The number of nitrogens with zero attached hydrogens (tertiary/aromatic N) is 1. The quantitative estimate of drug-likeness (QED) is 0.528. The summed E-state index contributed by atoms with van der Waals surface area (Å²) in [7, 11) is 1.26. The van der Waals surface area contributed by atoms with Crippen LogP contribution in [0.2, 0.25) is 0 Å². The Morgan fingerprint density at radius 3 is 2.37 bits per heavy atom. The number of anilines is 1. The fraction of sp³-hybridized carbons (Fsp3) is 0.571. The number of hydrogen-bond donors (Lipinski definition) is 1. The van der Waals surface area contributed by atoms with Gasteiger partial charge in [0.25, 0.3) is 0 Å². The summed E-state index contributed by atoms with van der Waals surface area (Å²) in [6.07, 6.45) is -1.02. The van der Waals surface area contributed by atoms with Gasteiger partial charge >= 0.3 is 18.0 Å². The molecule has 1 amide bonds. The summed E-state index contributed by atoms with van der Waals surface area (Å²) < 4.78 is 15.3. The van der Waals surface area contributed by atoms with Gasteiger partial charge in [0.15, 0.2) is 6.04 Å². The molecule has 0 aliphatic carbocycles. The first-order valence-electron chi connectivity index (χ1n) is 9.90. The van der Waals surface area contributed by atoms with Gasteiger partial charge < -0.3 is 19.5 Å². The molecule has 0 aromatic heterocycles. The van der Waals surface area contributed by atoms with Gasteiger partial charge in [0.2, 0.25) is 0 Å². The largest absolute Gasteiger partial charge is 0.469 e. The Morgan fingerprint density at radius 2 is 1.80 bits per heavy atom. The van der Waals surface area contributed by atoms with Crippen molar-refractivity contribution in [3.8, 4) is 0 Å². The molecule has 1 heterocycles. The van der Waals surface area contributed by atoms with Crippen LogP contribution in [0, 0.1) is 5.92 Å². The van der Waals surface area contributed by atoms with Crippen molar-refractivity contribution in [1.29, 1.82) is 0 Å². The average molecular weight is 422 g/mol. The number of amides is 1. The van der Waals surface area contributed by atoms with Crippen molar-refractivity contribution >= 4 is 23.7 Å². The number of hydrogen-bond acceptors (Lipinski definition) is 8. The van der Waals surface area contributed by atoms with Crippen molar-refractivity contribution < 1.29 is 33.4 Å². The lowest BCUT2D eigenvalue weighted by Gasteiger charge is -2.24. The Bertz CT molecular complexity index is 733. The predicted octanol–water partition coefficient (Wildman–Crippen LogP) is 2.44. The van der Waals surface area contributed by atoms with E-state index in [1.54, 1.807) is 52.0 Å². The fourth-order valence-corrected chi connectivity index (χ4v) is 3.17. The van der Waals surface area contributed by atoms with E-state index in [0.717, 1.165) is 0 Å². The summed E-state index contributed by atoms with van der Waals surface area (Å²) in [6.45, 7) is 7.34. The van der Waals surface area contributed by atoms with Crippen molar-refractivity contribution in [3.05, 3.63) is 30.3 Å². The van der Waals surface area contributed by atoms with Crippen LogP contribution in [0.4, 0.5) is 10.5 Å². The van der Waals surface area contributed by atoms with E-state index in [2.05, 4.69) is 5.32 Å². The molecule has 9 nitrogen and oxygen atoms in total. The molecule has 1 saturated heterocycles. The number of benzene rings is 1. The highest BCUT2D eigenvalue weighted by molar-refractivity contribution is 5.88. The van der Waals surface area contributed by atoms with Crippen LogP contribution in [0.15, 0.2) is 30.3 Å². The zero-order valence-electron chi connectivity index (χ0n) is 18.0. The zero-order chi connectivity index (χ0) is 22.3. The number of hydroxylamine groups is 1. The molecule has 9 heteroatoms. The number of alkyl carbamates (subject to hydrolysis) is 1. The van der Waals surface area contributed by atoms with Crippen molar-refractivity contribution in [2.24, 2.45) is 5.92 Å². The molecule has 1 aromatic carbocycles. The standard InChI is InChI=1S/C21H30N2O7/c1-6-28-19(25)17-16(18(24)27-5)15(12-13-22-20(26)29-21(2,3)4)30-23(17)14-10-8-7-9-11-14/h7-11,15-17H,6,12-13H2,1-5H3,(H,22,26)/t15-,16-,17-/m1/s1. The van der Waals surface area contributed by atoms with E-state index in [-0.39, 0.29) is 19.6 Å². The van der Waals surface area contributed by atoms with Crippen LogP contribution in [0.3, 0.4) is 0 Å². The lowest BCUT2D eigenvalue weighted by Crippen LogP contribution is -2.44. The third kappa shape index (κ3) is 6.09. The molecule has 1 N–H and O–H groups in total. The topological polar surface area (TPSA) is 103 Å². The summed E-state index contributed by atoms with van der Waals surface area (Å²) in [5, 5.41) is 4.03. The van der Waals surface area contributed by atoms with Crippen LogP contribution in [-0.2, 0) is 28.6 Å². The summed E-state index contributed by atoms with van der Waals surface area (Å²) in [5.41, 5.74) is -0.0196. The van der Waals surface area contributed by atoms with Crippen molar-refractivity contribution in [3.63, 3.8) is 0 Å². The lowest BCUT2D eigenvalue weighted by atomic mass is 9.92. The first-order chi connectivity index (χ1) is 14.2. The Labute approximate surface area is 176 Å². The van der Waals surface area contributed by atoms with Crippen molar-refractivity contribution in [1.82, 2.24) is 5.32 Å². The molecule has 30 heavy (non-hydrogen) atoms. The molecule has 1 fully saturated rings. The number of carbonyl (C=O) groups excluding carboxylic acids is 3. The Kier molecular flexibility index (Phi) is 8.05. The maximum absolute atomic E-state index is 12.7. The first-order valence-corrected chi connectivity index (χ1v) is 9.90. The highest BCUT2D eigenvalue weighted by Crippen LogP contribution is 2.35. The summed E-state index contributed by atoms with van der Waals surface area (Å²) >= 11 is 0. The molecule has 0 bridgehead atoms. The monoisotopic (exact) mass is 422 g/mol. The lowest BCUT2D eigenvalue weighted by molar-refractivity contribution is -0.154. The molecule has 0 radical (unpaired) electrons. The van der Waals surface area contributed by atoms with Crippen molar-refractivity contribution in [2.75, 3.05) is 25.3 Å². The predicted molar refractivity (Wildman–Crippen MR) is 109 cm³/mol. The number of nitrogens with one attached hydrogen (secondary N) is 1. The molecule has 0 unspecified atom stereocenters. The molecule has 1 aromatic rings. The van der Waals surface area contributed by atoms with E-state index in [1.807, 2.05) is 6.07 Å². The summed E-state index contributed by atoms with van der Waals surface area (Å²) in [4.78, 5) is 43.1. The van der Waals surface area contributed by atoms with Crippen LogP contribution in [0.25, 0.3) is 0 Å². The van der Waals surface area contributed by atoms with E-state index in [1.165, 1.54) is 12.2 Å². The minimum atomic E-state index is -1.01. The maximum Gasteiger partial charge on any atom is 0.407 e. The molecule has 1 aliphatic heterocycles. The highest BCUT2D eigenvalue weighted by atomic mass is 16.7. The van der Waals surface area contributed by atoms with Crippen LogP contribution >= 0.6 is 0 Å². The summed E-state index contributed by atoms with van der Waals surface area (Å²) in [6, 6.07) is 7.95. The Hall–Kier alpha value is -2.81. The van der Waals surface area contributed by atoms with Gasteiger partial charge in [-0.1, -0.05) is 18.2 Å². The molecular weight excluding hydrogens is 392 g/mol. The molecule has 0 saturated carbocycles. The van der Waals surface area contributed by atoms with E-state index >= 15 is 0 Å². The number of ether oxygens (including phenoxy) is 3. The second kappa shape index (κ2) is 10.3. The van der Waals surface area contributed by atoms with E-state index in [0.29, 0.717) is 5.69 Å². The van der Waals surface area contributed by atoms with Crippen LogP contribution in [0.1, 0.15) is 34.1 Å². The SMILES string of the molecule is CCOC(=O)[C@H]1[C@H](C(=O)OC)[C@@H](CCNC(=O)OC(C)(C)C)ON1c1ccccc1. The number of methoxy groups -OCH3 is 1. The van der Waals surface area contributed by atoms with Crippen LogP contribution in [0.5, 0.6) is 0 Å². The molecule has 0 spiro atoms.